The molecule has 0 saturated heterocycles. The van der Waals surface area contributed by atoms with Crippen LogP contribution in [-0.4, -0.2) is 31.3 Å². The number of carbonyl (C=O) groups is 1. The van der Waals surface area contributed by atoms with Gasteiger partial charge in [-0.3, -0.25) is 0 Å². The van der Waals surface area contributed by atoms with Crippen LogP contribution in [0, 0.1) is 6.92 Å². The van der Waals surface area contributed by atoms with Crippen LogP contribution >= 0.6 is 0 Å². The number of nitrogens with zero attached hydrogens (tertiary/aromatic N) is 4. The zero-order valence-electron chi connectivity index (χ0n) is 11.4. The highest BCUT2D eigenvalue weighted by Crippen LogP contribution is 2.22. The predicted molar refractivity (Wildman–Crippen MR) is 70.1 cm³/mol. The summed E-state index contributed by atoms with van der Waals surface area (Å²) in [4.78, 5) is 11.9. The summed E-state index contributed by atoms with van der Waals surface area (Å²) in [6.45, 7) is 4.35. The van der Waals surface area contributed by atoms with E-state index < -0.39 is 5.97 Å². The van der Waals surface area contributed by atoms with Crippen LogP contribution < -0.4 is 0 Å². The first-order valence-corrected chi connectivity index (χ1v) is 6.34. The summed E-state index contributed by atoms with van der Waals surface area (Å²) in [6.07, 6.45) is 0.880. The first kappa shape index (κ1) is 14.0. The molecule has 0 saturated carbocycles. The molecule has 2 rings (SSSR count). The van der Waals surface area contributed by atoms with Gasteiger partial charge >= 0.3 is 5.97 Å². The third-order valence-corrected chi connectivity index (χ3v) is 2.83. The number of benzene rings is 1. The van der Waals surface area contributed by atoms with E-state index in [-0.39, 0.29) is 17.9 Å². The van der Waals surface area contributed by atoms with Gasteiger partial charge in [-0.2, -0.15) is 0 Å². The molecule has 0 aliphatic heterocycles. The number of esters is 1. The molecule has 1 N–H and O–H groups in total. The van der Waals surface area contributed by atoms with Gasteiger partial charge in [0, 0.05) is 6.54 Å². The van der Waals surface area contributed by atoms with Gasteiger partial charge in [-0.15, -0.1) is 5.10 Å². The van der Waals surface area contributed by atoms with Gasteiger partial charge in [0.1, 0.15) is 11.3 Å². The molecule has 1 aromatic heterocycles. The fourth-order valence-electron chi connectivity index (χ4n) is 1.74. The molecule has 20 heavy (non-hydrogen) atoms. The summed E-state index contributed by atoms with van der Waals surface area (Å²) in [7, 11) is 0. The van der Waals surface area contributed by atoms with Crippen LogP contribution in [0.2, 0.25) is 0 Å². The maximum atomic E-state index is 11.9. The number of phenolic OH excluding ortho intramolecular Hbond substituents is 1. The molecule has 0 atom stereocenters. The van der Waals surface area contributed by atoms with Crippen molar-refractivity contribution in [2.24, 2.45) is 0 Å². The lowest BCUT2D eigenvalue weighted by molar-refractivity contribution is 0.0453. The van der Waals surface area contributed by atoms with Crippen molar-refractivity contribution < 1.29 is 14.6 Å². The summed E-state index contributed by atoms with van der Waals surface area (Å²) >= 11 is 0. The molecule has 1 heterocycles. The van der Waals surface area contributed by atoms with E-state index >= 15 is 0 Å². The van der Waals surface area contributed by atoms with Crippen molar-refractivity contribution in [3.05, 3.63) is 35.2 Å². The van der Waals surface area contributed by atoms with Gasteiger partial charge < -0.3 is 9.84 Å². The Morgan fingerprint density at radius 1 is 1.45 bits per heavy atom. The lowest BCUT2D eigenvalue weighted by Gasteiger charge is -2.07. The lowest BCUT2D eigenvalue weighted by Crippen LogP contribution is -2.11. The Balaban J connectivity index is 2.05. The van der Waals surface area contributed by atoms with E-state index in [9.17, 15) is 9.90 Å². The number of ether oxygens (including phenoxy) is 1. The average Bonchev–Trinajstić information content (AvgIpc) is 2.87. The average molecular weight is 276 g/mol. The number of carbonyl (C=O) groups excluding carboxylic acids is 1. The molecule has 0 aliphatic rings. The van der Waals surface area contributed by atoms with E-state index in [0.29, 0.717) is 17.9 Å². The SMILES string of the molecule is CCCn1nnnc1COC(=O)c1cccc(C)c1O. The van der Waals surface area contributed by atoms with Gasteiger partial charge in [0.25, 0.3) is 0 Å². The number of rotatable bonds is 5. The van der Waals surface area contributed by atoms with E-state index in [4.69, 9.17) is 4.74 Å². The Morgan fingerprint density at radius 2 is 2.25 bits per heavy atom. The summed E-state index contributed by atoms with van der Waals surface area (Å²) in [6, 6.07) is 4.92. The number of aryl methyl sites for hydroxylation is 2. The minimum absolute atomic E-state index is 0.0286. The molecule has 0 radical (unpaired) electrons. The third kappa shape index (κ3) is 2.93. The zero-order valence-corrected chi connectivity index (χ0v) is 11.4. The van der Waals surface area contributed by atoms with Crippen molar-refractivity contribution >= 4 is 5.97 Å². The minimum Gasteiger partial charge on any atom is -0.507 e. The summed E-state index contributed by atoms with van der Waals surface area (Å²) < 4.78 is 6.72. The smallest absolute Gasteiger partial charge is 0.342 e. The van der Waals surface area contributed by atoms with Crippen molar-refractivity contribution in [2.45, 2.75) is 33.4 Å². The number of phenols is 1. The largest absolute Gasteiger partial charge is 0.507 e. The molecule has 0 bridgehead atoms. The molecule has 7 nitrogen and oxygen atoms in total. The van der Waals surface area contributed by atoms with E-state index in [1.807, 2.05) is 6.92 Å². The number of aromatic hydroxyl groups is 1. The number of hydrogen-bond acceptors (Lipinski definition) is 6. The van der Waals surface area contributed by atoms with Gasteiger partial charge in [-0.25, -0.2) is 9.48 Å². The van der Waals surface area contributed by atoms with Crippen LogP contribution in [0.3, 0.4) is 0 Å². The maximum Gasteiger partial charge on any atom is 0.342 e. The van der Waals surface area contributed by atoms with E-state index in [1.54, 1.807) is 23.7 Å². The quantitative estimate of drug-likeness (QED) is 0.831. The van der Waals surface area contributed by atoms with Crippen LogP contribution in [0.4, 0.5) is 0 Å². The van der Waals surface area contributed by atoms with E-state index in [2.05, 4.69) is 15.5 Å². The number of aromatic nitrogens is 4. The molecular weight excluding hydrogens is 260 g/mol. The molecule has 7 heteroatoms. The summed E-state index contributed by atoms with van der Waals surface area (Å²) in [5.41, 5.74) is 0.759. The monoisotopic (exact) mass is 276 g/mol. The van der Waals surface area contributed by atoms with E-state index in [1.165, 1.54) is 6.07 Å². The molecule has 0 unspecified atom stereocenters. The second-order valence-electron chi connectivity index (χ2n) is 4.37. The molecular formula is C13H16N4O3. The van der Waals surface area contributed by atoms with Gasteiger partial charge in [0.15, 0.2) is 12.4 Å². The Labute approximate surface area is 116 Å². The third-order valence-electron chi connectivity index (χ3n) is 2.83. The highest BCUT2D eigenvalue weighted by atomic mass is 16.5. The Hall–Kier alpha value is -2.44. The maximum absolute atomic E-state index is 11.9. The molecule has 0 aliphatic carbocycles. The van der Waals surface area contributed by atoms with Gasteiger partial charge in [-0.05, 0) is 35.4 Å². The Kier molecular flexibility index (Phi) is 4.29. The molecule has 0 spiro atoms. The van der Waals surface area contributed by atoms with Crippen molar-refractivity contribution in [1.29, 1.82) is 0 Å². The van der Waals surface area contributed by atoms with Gasteiger partial charge in [0.2, 0.25) is 0 Å². The molecule has 106 valence electrons. The zero-order chi connectivity index (χ0) is 14.5. The van der Waals surface area contributed by atoms with Crippen LogP contribution in [0.25, 0.3) is 0 Å². The van der Waals surface area contributed by atoms with Crippen molar-refractivity contribution in [3.8, 4) is 5.75 Å². The van der Waals surface area contributed by atoms with Crippen LogP contribution in [-0.2, 0) is 17.9 Å². The first-order valence-electron chi connectivity index (χ1n) is 6.34. The molecule has 0 amide bonds. The second-order valence-corrected chi connectivity index (χ2v) is 4.37. The van der Waals surface area contributed by atoms with Gasteiger partial charge in [-0.1, -0.05) is 19.1 Å². The fraction of sp³-hybridized carbons (Fsp3) is 0.385. The van der Waals surface area contributed by atoms with Crippen molar-refractivity contribution in [2.75, 3.05) is 0 Å². The number of hydrogen-bond donors (Lipinski definition) is 1. The van der Waals surface area contributed by atoms with E-state index in [0.717, 1.165) is 6.42 Å². The van der Waals surface area contributed by atoms with Crippen LogP contribution in [0.5, 0.6) is 5.75 Å². The molecule has 0 fully saturated rings. The lowest BCUT2D eigenvalue weighted by atomic mass is 10.1. The van der Waals surface area contributed by atoms with Gasteiger partial charge in [0.05, 0.1) is 0 Å². The van der Waals surface area contributed by atoms with Crippen molar-refractivity contribution in [3.63, 3.8) is 0 Å². The minimum atomic E-state index is -0.600. The van der Waals surface area contributed by atoms with Crippen molar-refractivity contribution in [1.82, 2.24) is 20.2 Å². The molecule has 2 aromatic rings. The molecule has 1 aromatic carbocycles. The second kappa shape index (κ2) is 6.14. The summed E-state index contributed by atoms with van der Waals surface area (Å²) in [5, 5.41) is 21.0. The fourth-order valence-corrected chi connectivity index (χ4v) is 1.74. The Bertz CT molecular complexity index is 609. The standard InChI is InChI=1S/C13H16N4O3/c1-3-7-17-11(14-15-16-17)8-20-13(19)10-6-4-5-9(2)12(10)18/h4-6,18H,3,7-8H2,1-2H3. The van der Waals surface area contributed by atoms with Crippen LogP contribution in [0.15, 0.2) is 18.2 Å². The normalized spacial score (nSPS) is 10.5. The number of tetrazole rings is 1. The summed E-state index contributed by atoms with van der Waals surface area (Å²) in [5.74, 6) is -0.185. The topological polar surface area (TPSA) is 90.1 Å². The highest BCUT2D eigenvalue weighted by Gasteiger charge is 2.15. The highest BCUT2D eigenvalue weighted by molar-refractivity contribution is 5.92. The number of para-hydroxylation sites is 1. The Morgan fingerprint density at radius 3 is 3.00 bits per heavy atom. The first-order chi connectivity index (χ1) is 9.63. The predicted octanol–water partition coefficient (Wildman–Crippen LogP) is 1.45. The van der Waals surface area contributed by atoms with Crippen LogP contribution in [0.1, 0.15) is 35.1 Å².